The van der Waals surface area contributed by atoms with E-state index in [0.29, 0.717) is 6.04 Å². The minimum absolute atomic E-state index is 0. The topological polar surface area (TPSA) is 58.4 Å². The first-order valence-corrected chi connectivity index (χ1v) is 6.32. The van der Waals surface area contributed by atoms with Gasteiger partial charge in [-0.05, 0) is 18.6 Å². The summed E-state index contributed by atoms with van der Waals surface area (Å²) in [7, 11) is 0. The van der Waals surface area contributed by atoms with Gasteiger partial charge in [0.1, 0.15) is 5.02 Å². The summed E-state index contributed by atoms with van der Waals surface area (Å²) >= 11 is 5.90. The lowest BCUT2D eigenvalue weighted by Gasteiger charge is -2.31. The van der Waals surface area contributed by atoms with Crippen LogP contribution in [0.3, 0.4) is 0 Å². The molecule has 0 amide bonds. The normalized spacial score (nSPS) is 19.8. The summed E-state index contributed by atoms with van der Waals surface area (Å²) in [6.07, 6.45) is 0. The molecule has 7 heteroatoms. The van der Waals surface area contributed by atoms with Crippen molar-refractivity contribution in [2.75, 3.05) is 19.6 Å². The molecule has 0 saturated carbocycles. The van der Waals surface area contributed by atoms with Gasteiger partial charge < -0.3 is 5.32 Å². The van der Waals surface area contributed by atoms with Gasteiger partial charge in [-0.3, -0.25) is 15.0 Å². The molecule has 19 heavy (non-hydrogen) atoms. The second kappa shape index (κ2) is 7.05. The second-order valence-corrected chi connectivity index (χ2v) is 5.04. The summed E-state index contributed by atoms with van der Waals surface area (Å²) in [5.41, 5.74) is 0.980. The largest absolute Gasteiger partial charge is 0.312 e. The molecule has 2 rings (SSSR count). The summed E-state index contributed by atoms with van der Waals surface area (Å²) in [5, 5.41) is 14.3. The average molecular weight is 306 g/mol. The van der Waals surface area contributed by atoms with Gasteiger partial charge in [0.2, 0.25) is 0 Å². The Kier molecular flexibility index (Phi) is 6.00. The highest BCUT2D eigenvalue weighted by Crippen LogP contribution is 2.25. The van der Waals surface area contributed by atoms with E-state index >= 15 is 0 Å². The molecule has 106 valence electrons. The average Bonchev–Trinajstić information content (AvgIpc) is 2.28. The molecule has 1 atom stereocenters. The number of halogens is 2. The van der Waals surface area contributed by atoms with Gasteiger partial charge in [-0.15, -0.1) is 12.4 Å². The highest BCUT2D eigenvalue weighted by atomic mass is 35.5. The van der Waals surface area contributed by atoms with Crippen LogP contribution >= 0.6 is 24.0 Å². The van der Waals surface area contributed by atoms with E-state index in [1.165, 1.54) is 6.07 Å². The lowest BCUT2D eigenvalue weighted by molar-refractivity contribution is -0.384. The monoisotopic (exact) mass is 305 g/mol. The van der Waals surface area contributed by atoms with Crippen LogP contribution in [0, 0.1) is 10.1 Å². The van der Waals surface area contributed by atoms with Crippen LogP contribution in [0.2, 0.25) is 5.02 Å². The number of hydrogen-bond acceptors (Lipinski definition) is 4. The molecule has 1 heterocycles. The van der Waals surface area contributed by atoms with Gasteiger partial charge in [0.05, 0.1) is 4.92 Å². The van der Waals surface area contributed by atoms with Crippen LogP contribution in [0.5, 0.6) is 0 Å². The Morgan fingerprint density at radius 1 is 1.58 bits per heavy atom. The molecule has 0 aromatic heterocycles. The molecule has 5 nitrogen and oxygen atoms in total. The van der Waals surface area contributed by atoms with Crippen molar-refractivity contribution in [1.82, 2.24) is 10.2 Å². The quantitative estimate of drug-likeness (QED) is 0.688. The predicted molar refractivity (Wildman–Crippen MR) is 78.1 cm³/mol. The Balaban J connectivity index is 0.00000180. The molecule has 0 bridgehead atoms. The molecular weight excluding hydrogens is 289 g/mol. The summed E-state index contributed by atoms with van der Waals surface area (Å²) in [6.45, 7) is 5.87. The zero-order chi connectivity index (χ0) is 13.1. The Morgan fingerprint density at radius 2 is 2.32 bits per heavy atom. The number of hydrogen-bond donors (Lipinski definition) is 1. The molecule has 1 aromatic rings. The van der Waals surface area contributed by atoms with Crippen LogP contribution in [-0.2, 0) is 6.54 Å². The third kappa shape index (κ3) is 4.31. The highest BCUT2D eigenvalue weighted by Gasteiger charge is 2.17. The van der Waals surface area contributed by atoms with Crippen LogP contribution in [0.15, 0.2) is 18.2 Å². The maximum absolute atomic E-state index is 10.7. The van der Waals surface area contributed by atoms with Gasteiger partial charge in [-0.25, -0.2) is 0 Å². The maximum Gasteiger partial charge on any atom is 0.287 e. The number of nitrogens with zero attached hydrogens (tertiary/aromatic N) is 2. The zero-order valence-electron chi connectivity index (χ0n) is 10.6. The van der Waals surface area contributed by atoms with Crippen LogP contribution in [0.25, 0.3) is 0 Å². The molecule has 0 radical (unpaired) electrons. The molecule has 0 aliphatic carbocycles. The zero-order valence-corrected chi connectivity index (χ0v) is 12.2. The van der Waals surface area contributed by atoms with E-state index in [1.807, 2.05) is 0 Å². The smallest absolute Gasteiger partial charge is 0.287 e. The summed E-state index contributed by atoms with van der Waals surface area (Å²) < 4.78 is 0. The maximum atomic E-state index is 10.7. The van der Waals surface area contributed by atoms with E-state index < -0.39 is 4.92 Å². The van der Waals surface area contributed by atoms with Crippen molar-refractivity contribution in [2.45, 2.75) is 19.5 Å². The molecule has 0 spiro atoms. The summed E-state index contributed by atoms with van der Waals surface area (Å²) in [4.78, 5) is 12.5. The van der Waals surface area contributed by atoms with Crippen LogP contribution in [-0.4, -0.2) is 35.5 Å². The summed E-state index contributed by atoms with van der Waals surface area (Å²) in [6, 6.07) is 5.42. The molecule has 1 aromatic carbocycles. The van der Waals surface area contributed by atoms with Crippen LogP contribution in [0.1, 0.15) is 12.5 Å². The third-order valence-electron chi connectivity index (χ3n) is 3.07. The first-order chi connectivity index (χ1) is 8.56. The van der Waals surface area contributed by atoms with E-state index in [2.05, 4.69) is 17.1 Å². The Labute approximate surface area is 123 Å². The minimum atomic E-state index is -0.459. The molecule has 1 saturated heterocycles. The van der Waals surface area contributed by atoms with Gasteiger partial charge in [0, 0.05) is 38.3 Å². The fraction of sp³-hybridized carbons (Fsp3) is 0.500. The van der Waals surface area contributed by atoms with Crippen molar-refractivity contribution in [1.29, 1.82) is 0 Å². The number of benzene rings is 1. The molecule has 1 fully saturated rings. The highest BCUT2D eigenvalue weighted by molar-refractivity contribution is 6.32. The Hall–Kier alpha value is -0.880. The number of nitrogens with one attached hydrogen (secondary N) is 1. The lowest BCUT2D eigenvalue weighted by atomic mass is 10.1. The first kappa shape index (κ1) is 16.2. The van der Waals surface area contributed by atoms with Crippen molar-refractivity contribution in [3.63, 3.8) is 0 Å². The third-order valence-corrected chi connectivity index (χ3v) is 3.37. The Morgan fingerprint density at radius 3 is 2.89 bits per heavy atom. The van der Waals surface area contributed by atoms with Crippen molar-refractivity contribution in [3.05, 3.63) is 38.9 Å². The fourth-order valence-corrected chi connectivity index (χ4v) is 2.48. The van der Waals surface area contributed by atoms with E-state index in [0.717, 1.165) is 31.7 Å². The predicted octanol–water partition coefficient (Wildman–Crippen LogP) is 2.46. The van der Waals surface area contributed by atoms with Crippen LogP contribution in [0.4, 0.5) is 5.69 Å². The van der Waals surface area contributed by atoms with Gasteiger partial charge in [-0.2, -0.15) is 0 Å². The van der Waals surface area contributed by atoms with E-state index in [1.54, 1.807) is 12.1 Å². The number of piperazine rings is 1. The van der Waals surface area contributed by atoms with Gasteiger partial charge in [-0.1, -0.05) is 17.7 Å². The van der Waals surface area contributed by atoms with Gasteiger partial charge in [0.25, 0.3) is 5.69 Å². The molecule has 1 aliphatic heterocycles. The fourth-order valence-electron chi connectivity index (χ4n) is 2.21. The number of rotatable bonds is 3. The van der Waals surface area contributed by atoms with E-state index in [-0.39, 0.29) is 23.1 Å². The Bertz CT molecular complexity index is 457. The summed E-state index contributed by atoms with van der Waals surface area (Å²) in [5.74, 6) is 0. The molecule has 0 unspecified atom stereocenters. The molecule has 1 N–H and O–H groups in total. The first-order valence-electron chi connectivity index (χ1n) is 5.95. The lowest BCUT2D eigenvalue weighted by Crippen LogP contribution is -2.48. The van der Waals surface area contributed by atoms with Crippen molar-refractivity contribution >= 4 is 29.7 Å². The van der Waals surface area contributed by atoms with Crippen molar-refractivity contribution < 1.29 is 4.92 Å². The number of nitro benzene ring substituents is 1. The standard InChI is InChI=1S/C12H16ClN3O2.ClH/c1-9-7-15(5-4-14-9)8-10-2-3-12(16(17)18)11(13)6-10;/h2-3,6,9,14H,4-5,7-8H2,1H3;1H/t9-;/m1./s1. The molecular formula is C12H17Cl2N3O2. The SMILES string of the molecule is C[C@@H]1CN(Cc2ccc([N+](=O)[O-])c(Cl)c2)CCN1.Cl. The number of nitro groups is 1. The van der Waals surface area contributed by atoms with Gasteiger partial charge >= 0.3 is 0 Å². The molecule has 1 aliphatic rings. The van der Waals surface area contributed by atoms with Gasteiger partial charge in [0.15, 0.2) is 0 Å². The van der Waals surface area contributed by atoms with E-state index in [4.69, 9.17) is 11.6 Å². The van der Waals surface area contributed by atoms with E-state index in [9.17, 15) is 10.1 Å². The van der Waals surface area contributed by atoms with Crippen molar-refractivity contribution in [3.8, 4) is 0 Å². The van der Waals surface area contributed by atoms with Crippen LogP contribution < -0.4 is 5.32 Å². The second-order valence-electron chi connectivity index (χ2n) is 4.63. The van der Waals surface area contributed by atoms with Crippen molar-refractivity contribution in [2.24, 2.45) is 0 Å². The minimum Gasteiger partial charge on any atom is -0.312 e.